The summed E-state index contributed by atoms with van der Waals surface area (Å²) in [4.78, 5) is 8.17. The molecule has 1 heterocycles. The molecule has 2 rings (SSSR count). The van der Waals surface area contributed by atoms with Gasteiger partial charge in [-0.2, -0.15) is 0 Å². The quantitative estimate of drug-likeness (QED) is 0.764. The van der Waals surface area contributed by atoms with E-state index in [1.165, 1.54) is 6.33 Å². The van der Waals surface area contributed by atoms with E-state index in [0.29, 0.717) is 12.3 Å². The molecule has 1 aromatic carbocycles. The van der Waals surface area contributed by atoms with Crippen molar-refractivity contribution in [3.05, 3.63) is 46.3 Å². The molecule has 0 bridgehead atoms. The summed E-state index contributed by atoms with van der Waals surface area (Å²) in [5.74, 6) is 1.32. The van der Waals surface area contributed by atoms with Crippen molar-refractivity contribution in [2.45, 2.75) is 11.8 Å². The van der Waals surface area contributed by atoms with Crippen LogP contribution in [-0.4, -0.2) is 24.2 Å². The Hall–Kier alpha value is -1.33. The van der Waals surface area contributed by atoms with Crippen LogP contribution in [0.15, 0.2) is 35.1 Å². The van der Waals surface area contributed by atoms with Gasteiger partial charge in [0.15, 0.2) is 0 Å². The lowest BCUT2D eigenvalue weighted by Gasteiger charge is -2.12. The number of alkyl halides is 1. The number of rotatable bonds is 5. The minimum Gasteiger partial charge on any atom is -0.496 e. The van der Waals surface area contributed by atoms with Crippen LogP contribution in [0.1, 0.15) is 16.6 Å². The van der Waals surface area contributed by atoms with Crippen LogP contribution < -0.4 is 9.47 Å². The van der Waals surface area contributed by atoms with E-state index in [9.17, 15) is 0 Å². The highest BCUT2D eigenvalue weighted by molar-refractivity contribution is 9.10. The van der Waals surface area contributed by atoms with Crippen LogP contribution in [0.2, 0.25) is 0 Å². The highest BCUT2D eigenvalue weighted by atomic mass is 79.9. The predicted molar refractivity (Wildman–Crippen MR) is 81.6 cm³/mol. The molecule has 1 unspecified atom stereocenters. The molecule has 0 N–H and O–H groups in total. The van der Waals surface area contributed by atoms with Gasteiger partial charge in [0, 0.05) is 18.2 Å². The Morgan fingerprint density at radius 3 is 2.65 bits per heavy atom. The summed E-state index contributed by atoms with van der Waals surface area (Å²) in [7, 11) is 3.20. The first-order valence-electron chi connectivity index (χ1n) is 5.96. The van der Waals surface area contributed by atoms with E-state index < -0.39 is 0 Å². The van der Waals surface area contributed by atoms with Gasteiger partial charge in [-0.1, -0.05) is 6.07 Å². The van der Waals surface area contributed by atoms with E-state index in [2.05, 4.69) is 25.9 Å². The summed E-state index contributed by atoms with van der Waals surface area (Å²) in [6.45, 7) is 0. The predicted octanol–water partition coefficient (Wildman–Crippen LogP) is 3.78. The van der Waals surface area contributed by atoms with Crippen LogP contribution in [-0.2, 0) is 6.42 Å². The molecule has 1 aromatic heterocycles. The SMILES string of the molecule is COc1cc(CC(Cl)c2ccc(OC)c(Br)c2)ncn1. The molecule has 0 saturated carbocycles. The fourth-order valence-electron chi connectivity index (χ4n) is 1.78. The summed E-state index contributed by atoms with van der Waals surface area (Å²) in [5, 5.41) is -0.184. The van der Waals surface area contributed by atoms with Crippen molar-refractivity contribution in [1.29, 1.82) is 0 Å². The van der Waals surface area contributed by atoms with Crippen LogP contribution in [0.25, 0.3) is 0 Å². The van der Waals surface area contributed by atoms with Crippen LogP contribution in [0.3, 0.4) is 0 Å². The van der Waals surface area contributed by atoms with Gasteiger partial charge < -0.3 is 9.47 Å². The van der Waals surface area contributed by atoms with Gasteiger partial charge in [-0.05, 0) is 33.6 Å². The number of aromatic nitrogens is 2. The van der Waals surface area contributed by atoms with Crippen LogP contribution >= 0.6 is 27.5 Å². The molecule has 0 fully saturated rings. The minimum atomic E-state index is -0.184. The number of hydrogen-bond acceptors (Lipinski definition) is 4. The zero-order valence-corrected chi connectivity index (χ0v) is 13.5. The maximum atomic E-state index is 6.44. The average molecular weight is 358 g/mol. The zero-order chi connectivity index (χ0) is 14.5. The molecule has 0 aliphatic heterocycles. The summed E-state index contributed by atoms with van der Waals surface area (Å²) < 4.78 is 11.2. The summed E-state index contributed by atoms with van der Waals surface area (Å²) >= 11 is 9.90. The molecule has 2 aromatic rings. The Morgan fingerprint density at radius 1 is 1.20 bits per heavy atom. The van der Waals surface area contributed by atoms with Gasteiger partial charge in [-0.3, -0.25) is 0 Å². The smallest absolute Gasteiger partial charge is 0.216 e. The zero-order valence-electron chi connectivity index (χ0n) is 11.1. The van der Waals surface area contributed by atoms with Crippen molar-refractivity contribution in [3.8, 4) is 11.6 Å². The van der Waals surface area contributed by atoms with Crippen LogP contribution in [0.4, 0.5) is 0 Å². The second-order valence-electron chi connectivity index (χ2n) is 4.12. The van der Waals surface area contributed by atoms with Gasteiger partial charge in [-0.25, -0.2) is 9.97 Å². The van der Waals surface area contributed by atoms with E-state index in [1.54, 1.807) is 20.3 Å². The number of halogens is 2. The van der Waals surface area contributed by atoms with E-state index in [1.807, 2.05) is 18.2 Å². The third-order valence-electron chi connectivity index (χ3n) is 2.83. The van der Waals surface area contributed by atoms with Crippen molar-refractivity contribution in [1.82, 2.24) is 9.97 Å². The third kappa shape index (κ3) is 3.61. The Morgan fingerprint density at radius 2 is 2.00 bits per heavy atom. The molecular weight excluding hydrogens is 344 g/mol. The highest BCUT2D eigenvalue weighted by Crippen LogP contribution is 2.32. The molecule has 0 radical (unpaired) electrons. The second-order valence-corrected chi connectivity index (χ2v) is 5.50. The number of ether oxygens (including phenoxy) is 2. The fraction of sp³-hybridized carbons (Fsp3) is 0.286. The number of nitrogens with zero attached hydrogens (tertiary/aromatic N) is 2. The average Bonchev–Trinajstić information content (AvgIpc) is 2.47. The second kappa shape index (κ2) is 6.90. The topological polar surface area (TPSA) is 44.2 Å². The monoisotopic (exact) mass is 356 g/mol. The number of methoxy groups -OCH3 is 2. The lowest BCUT2D eigenvalue weighted by atomic mass is 10.1. The Labute approximate surface area is 131 Å². The fourth-order valence-corrected chi connectivity index (χ4v) is 2.63. The van der Waals surface area contributed by atoms with Gasteiger partial charge in [-0.15, -0.1) is 11.6 Å². The first-order chi connectivity index (χ1) is 9.63. The highest BCUT2D eigenvalue weighted by Gasteiger charge is 2.12. The maximum Gasteiger partial charge on any atom is 0.216 e. The van der Waals surface area contributed by atoms with Crippen molar-refractivity contribution in [3.63, 3.8) is 0 Å². The van der Waals surface area contributed by atoms with Gasteiger partial charge in [0.2, 0.25) is 5.88 Å². The number of hydrogen-bond donors (Lipinski definition) is 0. The normalized spacial score (nSPS) is 12.0. The van der Waals surface area contributed by atoms with Crippen LogP contribution in [0.5, 0.6) is 11.6 Å². The van der Waals surface area contributed by atoms with Crippen molar-refractivity contribution >= 4 is 27.5 Å². The lowest BCUT2D eigenvalue weighted by molar-refractivity contribution is 0.396. The summed E-state index contributed by atoms with van der Waals surface area (Å²) in [6, 6.07) is 7.57. The molecule has 0 spiro atoms. The van der Waals surface area contributed by atoms with E-state index in [4.69, 9.17) is 21.1 Å². The first kappa shape index (κ1) is 15.1. The molecule has 0 saturated heterocycles. The molecule has 20 heavy (non-hydrogen) atoms. The van der Waals surface area contributed by atoms with Crippen molar-refractivity contribution in [2.24, 2.45) is 0 Å². The Bertz CT molecular complexity index is 595. The van der Waals surface area contributed by atoms with Gasteiger partial charge in [0.1, 0.15) is 12.1 Å². The minimum absolute atomic E-state index is 0.184. The van der Waals surface area contributed by atoms with Gasteiger partial charge in [0.05, 0.1) is 24.1 Å². The molecule has 6 heteroatoms. The summed E-state index contributed by atoms with van der Waals surface area (Å²) in [6.07, 6.45) is 2.07. The van der Waals surface area contributed by atoms with Gasteiger partial charge >= 0.3 is 0 Å². The molecule has 0 amide bonds. The summed E-state index contributed by atoms with van der Waals surface area (Å²) in [5.41, 5.74) is 1.83. The molecule has 0 aliphatic rings. The molecular formula is C14H14BrClN2O2. The van der Waals surface area contributed by atoms with Gasteiger partial charge in [0.25, 0.3) is 0 Å². The van der Waals surface area contributed by atoms with Crippen molar-refractivity contribution in [2.75, 3.05) is 14.2 Å². The molecule has 0 aliphatic carbocycles. The van der Waals surface area contributed by atoms with E-state index >= 15 is 0 Å². The maximum absolute atomic E-state index is 6.44. The van der Waals surface area contributed by atoms with E-state index in [-0.39, 0.29) is 5.38 Å². The molecule has 106 valence electrons. The Balaban J connectivity index is 2.14. The lowest BCUT2D eigenvalue weighted by Crippen LogP contribution is -2.00. The first-order valence-corrected chi connectivity index (χ1v) is 7.19. The molecule has 1 atom stereocenters. The molecule has 4 nitrogen and oxygen atoms in total. The van der Waals surface area contributed by atoms with E-state index in [0.717, 1.165) is 21.5 Å². The Kier molecular flexibility index (Phi) is 5.20. The standard InChI is InChI=1S/C14H14BrClN2O2/c1-19-13-4-3-9(5-11(13)15)12(16)6-10-7-14(20-2)18-8-17-10/h3-5,7-8,12H,6H2,1-2H3. The third-order valence-corrected chi connectivity index (χ3v) is 3.86. The number of benzene rings is 1. The van der Waals surface area contributed by atoms with Crippen LogP contribution in [0, 0.1) is 0 Å². The van der Waals surface area contributed by atoms with Crippen molar-refractivity contribution < 1.29 is 9.47 Å². The largest absolute Gasteiger partial charge is 0.496 e.